The van der Waals surface area contributed by atoms with Crippen molar-refractivity contribution in [3.8, 4) is 10.6 Å². The van der Waals surface area contributed by atoms with Crippen LogP contribution < -0.4 is 5.32 Å². The van der Waals surface area contributed by atoms with Crippen LogP contribution >= 0.6 is 11.3 Å². The quantitative estimate of drug-likeness (QED) is 0.544. The molecule has 3 aromatic heterocycles. The Labute approximate surface area is 167 Å². The summed E-state index contributed by atoms with van der Waals surface area (Å²) in [5, 5.41) is 12.2. The molecule has 4 rings (SSSR count). The fourth-order valence-corrected chi connectivity index (χ4v) is 4.03. The predicted molar refractivity (Wildman–Crippen MR) is 111 cm³/mol. The van der Waals surface area contributed by atoms with Gasteiger partial charge in [-0.2, -0.15) is 0 Å². The lowest BCUT2D eigenvalue weighted by atomic mass is 10.1. The summed E-state index contributed by atoms with van der Waals surface area (Å²) in [6, 6.07) is 14.1. The van der Waals surface area contributed by atoms with Gasteiger partial charge >= 0.3 is 0 Å². The van der Waals surface area contributed by atoms with Crippen molar-refractivity contribution in [2.75, 3.05) is 6.54 Å². The van der Waals surface area contributed by atoms with Crippen molar-refractivity contribution < 1.29 is 4.79 Å². The van der Waals surface area contributed by atoms with E-state index in [-0.39, 0.29) is 5.91 Å². The summed E-state index contributed by atoms with van der Waals surface area (Å²) < 4.78 is 1.93. The van der Waals surface area contributed by atoms with E-state index in [4.69, 9.17) is 0 Å². The highest BCUT2D eigenvalue weighted by Crippen LogP contribution is 2.28. The number of benzene rings is 1. The minimum absolute atomic E-state index is 0.0970. The third-order valence-electron chi connectivity index (χ3n) is 4.63. The highest BCUT2D eigenvalue weighted by molar-refractivity contribution is 7.17. The third-order valence-corrected chi connectivity index (χ3v) is 5.84. The van der Waals surface area contributed by atoms with Crippen LogP contribution in [-0.2, 0) is 12.8 Å². The molecule has 3 heterocycles. The first-order chi connectivity index (χ1) is 13.7. The molecular weight excluding hydrogens is 370 g/mol. The average Bonchev–Trinajstić information content (AvgIpc) is 3.32. The maximum atomic E-state index is 12.6. The van der Waals surface area contributed by atoms with E-state index in [1.54, 1.807) is 0 Å². The van der Waals surface area contributed by atoms with E-state index in [1.165, 1.54) is 16.9 Å². The fourth-order valence-electron chi connectivity index (χ4n) is 3.04. The number of nitrogens with zero attached hydrogens (tertiary/aromatic N) is 4. The summed E-state index contributed by atoms with van der Waals surface area (Å²) in [4.78, 5) is 17.9. The number of pyridine rings is 1. The maximum Gasteiger partial charge on any atom is 0.263 e. The SMILES string of the molecule is CCc1ccc(-c2nc(C)c(C(=O)NCCc3nnc4ccccn34)s2)cc1. The summed E-state index contributed by atoms with van der Waals surface area (Å²) in [5.74, 6) is 0.730. The number of amides is 1. The van der Waals surface area contributed by atoms with Gasteiger partial charge in [0.1, 0.15) is 15.7 Å². The zero-order valence-electron chi connectivity index (χ0n) is 15.8. The van der Waals surface area contributed by atoms with Crippen LogP contribution in [0.1, 0.15) is 33.7 Å². The number of fused-ring (bicyclic) bond motifs is 1. The lowest BCUT2D eigenvalue weighted by Crippen LogP contribution is -2.26. The van der Waals surface area contributed by atoms with E-state index >= 15 is 0 Å². The van der Waals surface area contributed by atoms with Crippen LogP contribution in [0.3, 0.4) is 0 Å². The van der Waals surface area contributed by atoms with E-state index in [0.717, 1.165) is 34.2 Å². The Kier molecular flexibility index (Phi) is 5.16. The Hall–Kier alpha value is -3.06. The normalized spacial score (nSPS) is 11.1. The molecule has 0 aliphatic rings. The predicted octanol–water partition coefficient (Wildman–Crippen LogP) is 3.70. The van der Waals surface area contributed by atoms with Gasteiger partial charge in [-0.15, -0.1) is 21.5 Å². The largest absolute Gasteiger partial charge is 0.351 e. The summed E-state index contributed by atoms with van der Waals surface area (Å²) in [6.45, 7) is 4.50. The van der Waals surface area contributed by atoms with Gasteiger partial charge in [0.2, 0.25) is 0 Å². The zero-order valence-corrected chi connectivity index (χ0v) is 16.7. The summed E-state index contributed by atoms with van der Waals surface area (Å²) in [7, 11) is 0. The molecule has 1 amide bonds. The molecular formula is C21H21N5OS. The van der Waals surface area contributed by atoms with Crippen molar-refractivity contribution in [2.24, 2.45) is 0 Å². The molecule has 0 saturated heterocycles. The lowest BCUT2D eigenvalue weighted by molar-refractivity contribution is 0.0957. The molecule has 6 nitrogen and oxygen atoms in total. The Morgan fingerprint density at radius 3 is 2.75 bits per heavy atom. The number of thiazole rings is 1. The molecule has 28 heavy (non-hydrogen) atoms. The summed E-state index contributed by atoms with van der Waals surface area (Å²) >= 11 is 1.43. The van der Waals surface area contributed by atoms with E-state index in [2.05, 4.69) is 51.7 Å². The van der Waals surface area contributed by atoms with Gasteiger partial charge in [0, 0.05) is 24.7 Å². The van der Waals surface area contributed by atoms with Gasteiger partial charge in [-0.1, -0.05) is 37.3 Å². The smallest absolute Gasteiger partial charge is 0.263 e. The molecule has 1 aromatic carbocycles. The number of carbonyl (C=O) groups excluding carboxylic acids is 1. The van der Waals surface area contributed by atoms with Crippen LogP contribution in [0, 0.1) is 6.92 Å². The zero-order chi connectivity index (χ0) is 19.5. The Morgan fingerprint density at radius 2 is 1.96 bits per heavy atom. The van der Waals surface area contributed by atoms with E-state index in [9.17, 15) is 4.79 Å². The van der Waals surface area contributed by atoms with Gasteiger partial charge in [-0.05, 0) is 31.0 Å². The van der Waals surface area contributed by atoms with Gasteiger partial charge < -0.3 is 5.32 Å². The fraction of sp³-hybridized carbons (Fsp3) is 0.238. The monoisotopic (exact) mass is 391 g/mol. The molecule has 0 radical (unpaired) electrons. The minimum atomic E-state index is -0.0970. The Balaban J connectivity index is 1.42. The molecule has 4 aromatic rings. The summed E-state index contributed by atoms with van der Waals surface area (Å²) in [6.07, 6.45) is 3.54. The van der Waals surface area contributed by atoms with Crippen molar-refractivity contribution >= 4 is 22.9 Å². The van der Waals surface area contributed by atoms with E-state index in [0.29, 0.717) is 17.8 Å². The van der Waals surface area contributed by atoms with Gasteiger partial charge in [-0.3, -0.25) is 9.20 Å². The highest BCUT2D eigenvalue weighted by Gasteiger charge is 2.16. The molecule has 7 heteroatoms. The molecule has 0 bridgehead atoms. The third kappa shape index (κ3) is 3.66. The number of nitrogens with one attached hydrogen (secondary N) is 1. The molecule has 142 valence electrons. The molecule has 0 aliphatic carbocycles. The molecule has 1 N–H and O–H groups in total. The standard InChI is InChI=1S/C21H21N5OS/c1-3-15-7-9-16(10-8-15)21-23-14(2)19(28-21)20(27)22-12-11-18-25-24-17-6-4-5-13-26(17)18/h4-10,13H,3,11-12H2,1-2H3,(H,22,27). The van der Waals surface area contributed by atoms with Crippen LogP contribution in [0.15, 0.2) is 48.7 Å². The molecule has 0 atom stereocenters. The number of hydrogen-bond donors (Lipinski definition) is 1. The summed E-state index contributed by atoms with van der Waals surface area (Å²) in [5.41, 5.74) is 3.89. The number of rotatable bonds is 6. The van der Waals surface area contributed by atoms with Crippen LogP contribution in [0.25, 0.3) is 16.2 Å². The van der Waals surface area contributed by atoms with Gasteiger partial charge in [0.05, 0.1) is 5.69 Å². The second kappa shape index (κ2) is 7.90. The first-order valence-corrected chi connectivity index (χ1v) is 10.1. The number of hydrogen-bond acceptors (Lipinski definition) is 5. The molecule has 0 unspecified atom stereocenters. The van der Waals surface area contributed by atoms with Crippen molar-refractivity contribution in [2.45, 2.75) is 26.7 Å². The second-order valence-electron chi connectivity index (χ2n) is 6.53. The van der Waals surface area contributed by atoms with Crippen LogP contribution in [0.2, 0.25) is 0 Å². The van der Waals surface area contributed by atoms with E-state index in [1.807, 2.05) is 35.7 Å². The van der Waals surface area contributed by atoms with Crippen molar-refractivity contribution in [3.05, 3.63) is 70.6 Å². The molecule has 0 aliphatic heterocycles. The first kappa shape index (κ1) is 18.3. The van der Waals surface area contributed by atoms with Gasteiger partial charge in [0.25, 0.3) is 5.91 Å². The molecule has 0 fully saturated rings. The average molecular weight is 392 g/mol. The Morgan fingerprint density at radius 1 is 1.14 bits per heavy atom. The number of aryl methyl sites for hydroxylation is 2. The van der Waals surface area contributed by atoms with Gasteiger partial charge in [0.15, 0.2) is 5.65 Å². The minimum Gasteiger partial charge on any atom is -0.351 e. The maximum absolute atomic E-state index is 12.6. The van der Waals surface area contributed by atoms with Crippen LogP contribution in [-0.4, -0.2) is 32.0 Å². The number of aromatic nitrogens is 4. The topological polar surface area (TPSA) is 72.2 Å². The molecule has 0 spiro atoms. The molecule has 0 saturated carbocycles. The highest BCUT2D eigenvalue weighted by atomic mass is 32.1. The van der Waals surface area contributed by atoms with Crippen molar-refractivity contribution in [1.29, 1.82) is 0 Å². The lowest BCUT2D eigenvalue weighted by Gasteiger charge is -2.03. The van der Waals surface area contributed by atoms with Crippen molar-refractivity contribution in [3.63, 3.8) is 0 Å². The van der Waals surface area contributed by atoms with Crippen LogP contribution in [0.5, 0.6) is 0 Å². The number of carbonyl (C=O) groups is 1. The Bertz CT molecular complexity index is 1110. The van der Waals surface area contributed by atoms with Gasteiger partial charge in [-0.25, -0.2) is 4.98 Å². The second-order valence-corrected chi connectivity index (χ2v) is 7.53. The van der Waals surface area contributed by atoms with Crippen LogP contribution in [0.4, 0.5) is 0 Å². The van der Waals surface area contributed by atoms with Crippen molar-refractivity contribution in [1.82, 2.24) is 24.9 Å². The first-order valence-electron chi connectivity index (χ1n) is 9.29. The van der Waals surface area contributed by atoms with E-state index < -0.39 is 0 Å².